The van der Waals surface area contributed by atoms with E-state index in [1.165, 1.54) is 24.6 Å². The van der Waals surface area contributed by atoms with Crippen molar-refractivity contribution >= 4 is 34.9 Å². The number of nitrogens with zero attached hydrogens (tertiary/aromatic N) is 3. The van der Waals surface area contributed by atoms with Crippen molar-refractivity contribution in [3.8, 4) is 11.1 Å². The molecule has 0 unspecified atom stereocenters. The summed E-state index contributed by atoms with van der Waals surface area (Å²) in [7, 11) is 1.95. The summed E-state index contributed by atoms with van der Waals surface area (Å²) in [5.41, 5.74) is 2.40. The molecule has 0 saturated carbocycles. The minimum Gasteiger partial charge on any atom is -0.275 e. The number of hydrogen-bond donors (Lipinski definition) is 0. The lowest BCUT2D eigenvalue weighted by molar-refractivity contribution is 0.768. The number of rotatable bonds is 5. The third kappa shape index (κ3) is 3.39. The molecule has 0 radical (unpaired) electrons. The molecule has 0 N–H and O–H groups in total. The Morgan fingerprint density at radius 1 is 1.27 bits per heavy atom. The van der Waals surface area contributed by atoms with Crippen LogP contribution in [0.1, 0.15) is 11.9 Å². The molecule has 22 heavy (non-hydrogen) atoms. The summed E-state index contributed by atoms with van der Waals surface area (Å²) in [5.74, 6) is 0. The van der Waals surface area contributed by atoms with Crippen molar-refractivity contribution in [1.29, 1.82) is 0 Å². The molecule has 0 amide bonds. The van der Waals surface area contributed by atoms with Gasteiger partial charge in [0.05, 0.1) is 21.6 Å². The minimum absolute atomic E-state index is 0.998. The monoisotopic (exact) mass is 347 g/mol. The van der Waals surface area contributed by atoms with Crippen molar-refractivity contribution in [2.45, 2.75) is 27.3 Å². The maximum Gasteiger partial charge on any atom is 0.0934 e. The molecule has 0 spiro atoms. The average Bonchev–Trinajstić information content (AvgIpc) is 3.16. The lowest BCUT2D eigenvalue weighted by Gasteiger charge is -2.08. The van der Waals surface area contributed by atoms with Crippen molar-refractivity contribution in [3.05, 3.63) is 41.8 Å². The zero-order valence-electron chi connectivity index (χ0n) is 12.7. The Kier molecular flexibility index (Phi) is 4.90. The minimum atomic E-state index is 0.998. The predicted octanol–water partition coefficient (Wildman–Crippen LogP) is 4.98. The summed E-state index contributed by atoms with van der Waals surface area (Å²) in [4.78, 5) is 6.94. The molecule has 0 saturated heterocycles. The molecule has 0 aliphatic heterocycles. The quantitative estimate of drug-likeness (QED) is 0.609. The second kappa shape index (κ2) is 6.89. The highest BCUT2D eigenvalue weighted by Gasteiger charge is 2.10. The Labute approximate surface area is 143 Å². The van der Waals surface area contributed by atoms with Crippen LogP contribution >= 0.6 is 34.9 Å². The molecule has 3 aromatic rings. The van der Waals surface area contributed by atoms with Crippen molar-refractivity contribution in [2.24, 2.45) is 7.05 Å². The first-order valence-electron chi connectivity index (χ1n) is 6.99. The van der Waals surface area contributed by atoms with Gasteiger partial charge >= 0.3 is 0 Å². The largest absolute Gasteiger partial charge is 0.275 e. The topological polar surface area (TPSA) is 30.7 Å². The zero-order chi connectivity index (χ0) is 15.5. The fraction of sp³-hybridized carbons (Fsp3) is 0.250. The van der Waals surface area contributed by atoms with E-state index in [0.717, 1.165) is 12.0 Å². The first kappa shape index (κ1) is 15.6. The Bertz CT molecular complexity index is 777. The van der Waals surface area contributed by atoms with Crippen LogP contribution in [0.3, 0.4) is 0 Å². The highest BCUT2D eigenvalue weighted by atomic mass is 32.2. The third-order valence-electron chi connectivity index (χ3n) is 3.24. The molecule has 114 valence electrons. The van der Waals surface area contributed by atoms with Gasteiger partial charge < -0.3 is 0 Å². The summed E-state index contributed by atoms with van der Waals surface area (Å²) < 4.78 is 3.08. The van der Waals surface area contributed by atoms with Gasteiger partial charge in [0.25, 0.3) is 0 Å². The fourth-order valence-electron chi connectivity index (χ4n) is 2.16. The number of hydrogen-bond acceptors (Lipinski definition) is 5. The molecule has 0 aliphatic carbocycles. The number of thiazole rings is 1. The number of benzene rings is 1. The van der Waals surface area contributed by atoms with Gasteiger partial charge in [-0.2, -0.15) is 5.10 Å². The molecule has 2 heterocycles. The highest BCUT2D eigenvalue weighted by molar-refractivity contribution is 8.01. The van der Waals surface area contributed by atoms with E-state index in [9.17, 15) is 0 Å². The first-order valence-corrected chi connectivity index (χ1v) is 9.85. The molecule has 1 aromatic carbocycles. The number of thioether (sulfide) groups is 1. The Morgan fingerprint density at radius 2 is 2.14 bits per heavy atom. The van der Waals surface area contributed by atoms with Crippen LogP contribution in [0.25, 0.3) is 11.1 Å². The van der Waals surface area contributed by atoms with Crippen LogP contribution in [0.2, 0.25) is 0 Å². The van der Waals surface area contributed by atoms with Gasteiger partial charge in [-0.05, 0) is 36.4 Å². The van der Waals surface area contributed by atoms with Crippen LogP contribution in [0.4, 0.5) is 0 Å². The molecular formula is C16H17N3S3. The number of aromatic nitrogens is 3. The highest BCUT2D eigenvalue weighted by Crippen LogP contribution is 2.37. The Morgan fingerprint density at radius 3 is 2.77 bits per heavy atom. The fourth-order valence-corrected chi connectivity index (χ4v) is 4.74. The molecule has 0 fully saturated rings. The van der Waals surface area contributed by atoms with Crippen molar-refractivity contribution in [2.75, 3.05) is 6.26 Å². The van der Waals surface area contributed by atoms with E-state index in [2.05, 4.69) is 47.7 Å². The van der Waals surface area contributed by atoms with Gasteiger partial charge in [-0.25, -0.2) is 4.98 Å². The molecule has 0 atom stereocenters. The summed E-state index contributed by atoms with van der Waals surface area (Å²) in [6.07, 6.45) is 9.06. The van der Waals surface area contributed by atoms with Gasteiger partial charge in [0.15, 0.2) is 0 Å². The van der Waals surface area contributed by atoms with Gasteiger partial charge in [0, 0.05) is 28.6 Å². The van der Waals surface area contributed by atoms with Crippen LogP contribution in [0.15, 0.2) is 50.8 Å². The van der Waals surface area contributed by atoms with E-state index in [0.29, 0.717) is 0 Å². The molecule has 3 nitrogen and oxygen atoms in total. The van der Waals surface area contributed by atoms with Gasteiger partial charge in [-0.15, -0.1) is 23.1 Å². The van der Waals surface area contributed by atoms with Crippen LogP contribution in [0.5, 0.6) is 0 Å². The third-order valence-corrected chi connectivity index (χ3v) is 6.27. The van der Waals surface area contributed by atoms with Crippen LogP contribution in [0, 0.1) is 0 Å². The summed E-state index contributed by atoms with van der Waals surface area (Å²) in [6.45, 7) is 2.14. The maximum absolute atomic E-state index is 4.43. The van der Waals surface area contributed by atoms with Gasteiger partial charge in [0.1, 0.15) is 0 Å². The van der Waals surface area contributed by atoms with Crippen molar-refractivity contribution in [1.82, 2.24) is 14.8 Å². The van der Waals surface area contributed by atoms with E-state index < -0.39 is 0 Å². The Hall–Kier alpha value is -1.24. The first-order chi connectivity index (χ1) is 10.7. The molecule has 0 bridgehead atoms. The normalized spacial score (nSPS) is 11.0. The van der Waals surface area contributed by atoms with E-state index in [1.807, 2.05) is 24.1 Å². The smallest absolute Gasteiger partial charge is 0.0934 e. The molecule has 3 rings (SSSR count). The van der Waals surface area contributed by atoms with E-state index >= 15 is 0 Å². The van der Waals surface area contributed by atoms with E-state index in [-0.39, 0.29) is 0 Å². The number of aryl methyl sites for hydroxylation is 2. The standard InChI is InChI=1S/C16H17N3S3/c1-4-15-17-9-16(22-15)21-12-5-6-14(20-3)13(7-12)11-8-18-19(2)10-11/h5-10H,4H2,1-3H3. The van der Waals surface area contributed by atoms with Gasteiger partial charge in [-0.3, -0.25) is 4.68 Å². The molecule has 2 aromatic heterocycles. The van der Waals surface area contributed by atoms with Crippen LogP contribution in [-0.4, -0.2) is 21.0 Å². The van der Waals surface area contributed by atoms with Gasteiger partial charge in [-0.1, -0.05) is 18.7 Å². The molecule has 0 aliphatic rings. The second-order valence-corrected chi connectivity index (χ2v) is 8.13. The predicted molar refractivity (Wildman–Crippen MR) is 96.0 cm³/mol. The van der Waals surface area contributed by atoms with Gasteiger partial charge in [0.2, 0.25) is 0 Å². The second-order valence-electron chi connectivity index (χ2n) is 4.79. The average molecular weight is 348 g/mol. The summed E-state index contributed by atoms with van der Waals surface area (Å²) in [5, 5.41) is 5.48. The van der Waals surface area contributed by atoms with Crippen molar-refractivity contribution in [3.63, 3.8) is 0 Å². The SMILES string of the molecule is CCc1ncc(Sc2ccc(SC)c(-c3cnn(C)c3)c2)s1. The Balaban J connectivity index is 1.92. The summed E-state index contributed by atoms with van der Waals surface area (Å²) in [6, 6.07) is 6.62. The van der Waals surface area contributed by atoms with E-state index in [1.54, 1.807) is 34.9 Å². The maximum atomic E-state index is 4.43. The van der Waals surface area contributed by atoms with Crippen LogP contribution < -0.4 is 0 Å². The van der Waals surface area contributed by atoms with E-state index in [4.69, 9.17) is 0 Å². The molecule has 6 heteroatoms. The van der Waals surface area contributed by atoms with Crippen molar-refractivity contribution < 1.29 is 0 Å². The summed E-state index contributed by atoms with van der Waals surface area (Å²) >= 11 is 5.32. The lowest BCUT2D eigenvalue weighted by atomic mass is 10.1. The lowest BCUT2D eigenvalue weighted by Crippen LogP contribution is -1.85. The van der Waals surface area contributed by atoms with Crippen LogP contribution in [-0.2, 0) is 13.5 Å². The molecular weight excluding hydrogens is 330 g/mol. The zero-order valence-corrected chi connectivity index (χ0v) is 15.2.